The van der Waals surface area contributed by atoms with Crippen LogP contribution in [0.15, 0.2) is 30.3 Å². The Labute approximate surface area is 107 Å². The normalized spacial score (nSPS) is 30.0. The Hall–Kier alpha value is -0.670. The second-order valence-electron chi connectivity index (χ2n) is 5.65. The van der Waals surface area contributed by atoms with Gasteiger partial charge in [-0.2, -0.15) is 0 Å². The summed E-state index contributed by atoms with van der Waals surface area (Å²) in [5.41, 5.74) is 1.31. The van der Waals surface area contributed by atoms with E-state index in [0.717, 1.165) is 13.0 Å². The minimum Gasteiger partial charge on any atom is -0.242 e. The number of hydrogen-bond acceptors (Lipinski definition) is 1. The van der Waals surface area contributed by atoms with Crippen molar-refractivity contribution in [2.75, 3.05) is 6.54 Å². The smallest absolute Gasteiger partial charge is 0.101 e. The summed E-state index contributed by atoms with van der Waals surface area (Å²) in [6, 6.07) is 10.4. The third-order valence-electron chi connectivity index (χ3n) is 3.40. The van der Waals surface area contributed by atoms with Gasteiger partial charge in [-0.15, -0.1) is 0 Å². The Bertz CT molecular complexity index is 424. The molecule has 2 nitrogen and oxygen atoms in total. The summed E-state index contributed by atoms with van der Waals surface area (Å²) >= 11 is 0. The van der Waals surface area contributed by atoms with Crippen LogP contribution in [0.25, 0.3) is 0 Å². The fourth-order valence-electron chi connectivity index (χ4n) is 2.23. The zero-order chi connectivity index (χ0) is 12.7. The lowest BCUT2D eigenvalue weighted by Crippen LogP contribution is -2.30. The molecule has 2 rings (SSSR count). The van der Waals surface area contributed by atoms with Gasteiger partial charge >= 0.3 is 0 Å². The van der Waals surface area contributed by atoms with Crippen LogP contribution in [0.3, 0.4) is 0 Å². The van der Waals surface area contributed by atoms with E-state index in [9.17, 15) is 4.21 Å². The molecule has 0 spiro atoms. The lowest BCUT2D eigenvalue weighted by Gasteiger charge is -2.22. The first kappa shape index (κ1) is 12.8. The van der Waals surface area contributed by atoms with Crippen molar-refractivity contribution in [3.8, 4) is 0 Å². The quantitative estimate of drug-likeness (QED) is 0.756. The van der Waals surface area contributed by atoms with Gasteiger partial charge in [-0.3, -0.25) is 0 Å². The lowest BCUT2D eigenvalue weighted by atomic mass is 9.97. The van der Waals surface area contributed by atoms with Crippen molar-refractivity contribution in [1.82, 2.24) is 4.31 Å². The standard InChI is InChI=1S/C14H21NOS/c1-5-14(12-9-7-6-8-10-12)11-15(14)17(16)13(2,3)4/h6-10H,5,11H2,1-4H3/t14-,15?,17?/m1/s1. The van der Waals surface area contributed by atoms with Crippen molar-refractivity contribution in [3.05, 3.63) is 35.9 Å². The first-order chi connectivity index (χ1) is 7.92. The summed E-state index contributed by atoms with van der Waals surface area (Å²) in [7, 11) is -0.914. The van der Waals surface area contributed by atoms with Crippen LogP contribution in [0.5, 0.6) is 0 Å². The van der Waals surface area contributed by atoms with Crippen LogP contribution in [0.2, 0.25) is 0 Å². The average molecular weight is 251 g/mol. The molecule has 1 aromatic rings. The third kappa shape index (κ3) is 2.18. The molecule has 0 aliphatic carbocycles. The van der Waals surface area contributed by atoms with Gasteiger partial charge in [0.1, 0.15) is 11.0 Å². The van der Waals surface area contributed by atoms with E-state index >= 15 is 0 Å². The Balaban J connectivity index is 2.25. The summed E-state index contributed by atoms with van der Waals surface area (Å²) in [6.07, 6.45) is 1.01. The van der Waals surface area contributed by atoms with Gasteiger partial charge in [-0.05, 0) is 32.8 Å². The maximum Gasteiger partial charge on any atom is 0.101 e. The highest BCUT2D eigenvalue weighted by molar-refractivity contribution is 7.84. The largest absolute Gasteiger partial charge is 0.242 e. The van der Waals surface area contributed by atoms with E-state index in [1.165, 1.54) is 5.56 Å². The van der Waals surface area contributed by atoms with Gasteiger partial charge in [-0.1, -0.05) is 37.3 Å². The molecular weight excluding hydrogens is 230 g/mol. The fraction of sp³-hybridized carbons (Fsp3) is 0.571. The Morgan fingerprint density at radius 1 is 1.29 bits per heavy atom. The van der Waals surface area contributed by atoms with Gasteiger partial charge in [0.25, 0.3) is 0 Å². The van der Waals surface area contributed by atoms with E-state index in [-0.39, 0.29) is 10.3 Å². The zero-order valence-corrected chi connectivity index (χ0v) is 11.9. The Morgan fingerprint density at radius 2 is 1.88 bits per heavy atom. The fourth-order valence-corrected chi connectivity index (χ4v) is 3.77. The molecule has 17 heavy (non-hydrogen) atoms. The first-order valence-electron chi connectivity index (χ1n) is 6.17. The zero-order valence-electron chi connectivity index (χ0n) is 11.1. The monoisotopic (exact) mass is 251 g/mol. The van der Waals surface area contributed by atoms with E-state index in [4.69, 9.17) is 0 Å². The molecule has 0 amide bonds. The van der Waals surface area contributed by atoms with Crippen LogP contribution in [-0.2, 0) is 16.5 Å². The Kier molecular flexibility index (Phi) is 3.17. The van der Waals surface area contributed by atoms with Crippen molar-refractivity contribution in [2.24, 2.45) is 0 Å². The van der Waals surface area contributed by atoms with E-state index in [1.807, 2.05) is 26.8 Å². The summed E-state index contributed by atoms with van der Waals surface area (Å²) in [5.74, 6) is 0. The first-order valence-corrected chi connectivity index (χ1v) is 7.27. The summed E-state index contributed by atoms with van der Waals surface area (Å²) in [4.78, 5) is 0. The molecule has 1 fully saturated rings. The molecular formula is C14H21NOS. The van der Waals surface area contributed by atoms with Gasteiger partial charge in [0, 0.05) is 6.54 Å². The van der Waals surface area contributed by atoms with Gasteiger partial charge < -0.3 is 0 Å². The third-order valence-corrected chi connectivity index (χ3v) is 5.33. The Morgan fingerprint density at radius 3 is 2.35 bits per heavy atom. The van der Waals surface area contributed by atoms with Crippen molar-refractivity contribution >= 4 is 11.0 Å². The van der Waals surface area contributed by atoms with Crippen molar-refractivity contribution < 1.29 is 4.21 Å². The summed E-state index contributed by atoms with van der Waals surface area (Å²) in [5, 5.41) is 0. The van der Waals surface area contributed by atoms with Crippen LogP contribution in [-0.4, -0.2) is 19.8 Å². The van der Waals surface area contributed by atoms with Gasteiger partial charge in [-0.25, -0.2) is 8.51 Å². The van der Waals surface area contributed by atoms with Crippen LogP contribution < -0.4 is 0 Å². The lowest BCUT2D eigenvalue weighted by molar-refractivity contribution is 0.522. The average Bonchev–Trinajstić information content (AvgIpc) is 3.04. The second kappa shape index (κ2) is 4.21. The highest BCUT2D eigenvalue weighted by Crippen LogP contribution is 2.48. The van der Waals surface area contributed by atoms with Gasteiger partial charge in [0.05, 0.1) is 10.3 Å². The molecule has 2 unspecified atom stereocenters. The second-order valence-corrected chi connectivity index (χ2v) is 7.81. The molecule has 0 radical (unpaired) electrons. The van der Waals surface area contributed by atoms with Crippen LogP contribution in [0.1, 0.15) is 39.7 Å². The predicted octanol–water partition coefficient (Wildman–Crippen LogP) is 3.07. The van der Waals surface area contributed by atoms with Crippen molar-refractivity contribution in [2.45, 2.75) is 44.4 Å². The van der Waals surface area contributed by atoms with Crippen LogP contribution in [0, 0.1) is 0 Å². The maximum absolute atomic E-state index is 12.4. The van der Waals surface area contributed by atoms with Crippen LogP contribution in [0.4, 0.5) is 0 Å². The highest BCUT2D eigenvalue weighted by atomic mass is 32.2. The minimum atomic E-state index is -0.914. The summed E-state index contributed by atoms with van der Waals surface area (Å²) < 4.78 is 14.4. The molecule has 3 heteroatoms. The van der Waals surface area contributed by atoms with E-state index in [1.54, 1.807) is 0 Å². The van der Waals surface area contributed by atoms with E-state index in [0.29, 0.717) is 0 Å². The molecule has 94 valence electrons. The molecule has 1 aliphatic rings. The number of benzene rings is 1. The molecule has 3 atom stereocenters. The minimum absolute atomic E-state index is 0.0133. The number of hydrogen-bond donors (Lipinski definition) is 0. The molecule has 0 saturated carbocycles. The topological polar surface area (TPSA) is 20.1 Å². The maximum atomic E-state index is 12.4. The van der Waals surface area contributed by atoms with Crippen molar-refractivity contribution in [1.29, 1.82) is 0 Å². The molecule has 1 aromatic carbocycles. The highest BCUT2D eigenvalue weighted by Gasteiger charge is 2.56. The van der Waals surface area contributed by atoms with E-state index < -0.39 is 11.0 Å². The molecule has 1 saturated heterocycles. The van der Waals surface area contributed by atoms with Gasteiger partial charge in [0.15, 0.2) is 0 Å². The number of nitrogens with zero attached hydrogens (tertiary/aromatic N) is 1. The SMILES string of the molecule is CC[C@]1(c2ccccc2)CN1S(=O)C(C)(C)C. The van der Waals surface area contributed by atoms with E-state index in [2.05, 4.69) is 35.5 Å². The number of rotatable bonds is 3. The summed E-state index contributed by atoms with van der Waals surface area (Å²) in [6.45, 7) is 9.19. The van der Waals surface area contributed by atoms with Crippen LogP contribution >= 0.6 is 0 Å². The predicted molar refractivity (Wildman–Crippen MR) is 73.0 cm³/mol. The molecule has 0 bridgehead atoms. The molecule has 1 aliphatic heterocycles. The molecule has 0 aromatic heterocycles. The molecule has 1 heterocycles. The van der Waals surface area contributed by atoms with Crippen molar-refractivity contribution in [3.63, 3.8) is 0 Å². The van der Waals surface area contributed by atoms with Gasteiger partial charge in [0.2, 0.25) is 0 Å². The molecule has 0 N–H and O–H groups in total.